The van der Waals surface area contributed by atoms with Gasteiger partial charge in [-0.25, -0.2) is 0 Å². The van der Waals surface area contributed by atoms with Crippen LogP contribution in [-0.2, 0) is 14.9 Å². The fourth-order valence-electron chi connectivity index (χ4n) is 3.76. The Kier molecular flexibility index (Phi) is 8.99. The molecule has 2 aromatic rings. The molecule has 158 valence electrons. The van der Waals surface area contributed by atoms with Gasteiger partial charge in [0.25, 0.3) is 0 Å². The standard InChI is InChI=1S/C23H29NO4.BrH/c1-3-27-22(25)23(19-7-5-4-6-8-19)13-15-24(16-14-23)17-18-28-21-11-9-20(26-2)10-12-21;/h4-12H,3,13-18H2,1-2H3;1H. The maximum absolute atomic E-state index is 12.8. The molecule has 1 heterocycles. The number of carbonyl (C=O) groups is 1. The number of rotatable bonds is 8. The highest BCUT2D eigenvalue weighted by atomic mass is 79.9. The first-order valence-corrected chi connectivity index (χ1v) is 9.90. The third-order valence-electron chi connectivity index (χ3n) is 5.44. The van der Waals surface area contributed by atoms with Crippen LogP contribution in [0.15, 0.2) is 54.6 Å². The number of methoxy groups -OCH3 is 1. The van der Waals surface area contributed by atoms with E-state index < -0.39 is 5.41 Å². The largest absolute Gasteiger partial charge is 0.497 e. The predicted octanol–water partition coefficient (Wildman–Crippen LogP) is 4.25. The van der Waals surface area contributed by atoms with Gasteiger partial charge in [-0.1, -0.05) is 30.3 Å². The zero-order valence-electron chi connectivity index (χ0n) is 17.1. The van der Waals surface area contributed by atoms with E-state index in [4.69, 9.17) is 14.2 Å². The number of nitrogens with zero attached hydrogens (tertiary/aromatic N) is 1. The molecule has 6 heteroatoms. The summed E-state index contributed by atoms with van der Waals surface area (Å²) >= 11 is 0. The highest BCUT2D eigenvalue weighted by molar-refractivity contribution is 8.93. The molecule has 1 aliphatic rings. The second-order valence-corrected chi connectivity index (χ2v) is 7.03. The van der Waals surface area contributed by atoms with Crippen LogP contribution in [0, 0.1) is 0 Å². The molecule has 0 unspecified atom stereocenters. The van der Waals surface area contributed by atoms with Crippen LogP contribution in [0.25, 0.3) is 0 Å². The molecule has 0 aromatic heterocycles. The van der Waals surface area contributed by atoms with Crippen LogP contribution >= 0.6 is 17.0 Å². The Hall–Kier alpha value is -2.05. The molecule has 1 aliphatic heterocycles. The number of piperidine rings is 1. The monoisotopic (exact) mass is 463 g/mol. The van der Waals surface area contributed by atoms with Crippen molar-refractivity contribution < 1.29 is 19.0 Å². The van der Waals surface area contributed by atoms with Gasteiger partial charge in [0.05, 0.1) is 19.1 Å². The summed E-state index contributed by atoms with van der Waals surface area (Å²) in [5.41, 5.74) is 0.521. The van der Waals surface area contributed by atoms with E-state index in [1.54, 1.807) is 7.11 Å². The van der Waals surface area contributed by atoms with E-state index in [0.29, 0.717) is 13.2 Å². The maximum Gasteiger partial charge on any atom is 0.316 e. The van der Waals surface area contributed by atoms with E-state index in [-0.39, 0.29) is 23.0 Å². The molecule has 5 nitrogen and oxygen atoms in total. The normalized spacial score (nSPS) is 15.8. The zero-order valence-corrected chi connectivity index (χ0v) is 18.8. The van der Waals surface area contributed by atoms with Crippen LogP contribution in [-0.4, -0.2) is 50.8 Å². The lowest BCUT2D eigenvalue weighted by molar-refractivity contribution is -0.152. The number of likely N-dealkylation sites (tertiary alicyclic amines) is 1. The third-order valence-corrected chi connectivity index (χ3v) is 5.44. The minimum Gasteiger partial charge on any atom is -0.497 e. The molecule has 3 rings (SSSR count). The average molecular weight is 464 g/mol. The Morgan fingerprint density at radius 1 is 1.00 bits per heavy atom. The van der Waals surface area contributed by atoms with Crippen LogP contribution in [0.2, 0.25) is 0 Å². The molecule has 0 atom stereocenters. The topological polar surface area (TPSA) is 48.0 Å². The Labute approximate surface area is 183 Å². The number of hydrogen-bond donors (Lipinski definition) is 0. The summed E-state index contributed by atoms with van der Waals surface area (Å²) in [5, 5.41) is 0. The molecule has 0 saturated carbocycles. The summed E-state index contributed by atoms with van der Waals surface area (Å²) < 4.78 is 16.4. The van der Waals surface area contributed by atoms with Gasteiger partial charge in [0.15, 0.2) is 0 Å². The molecule has 1 fully saturated rings. The summed E-state index contributed by atoms with van der Waals surface area (Å²) in [7, 11) is 1.65. The fourth-order valence-corrected chi connectivity index (χ4v) is 3.76. The lowest BCUT2D eigenvalue weighted by Crippen LogP contribution is -2.48. The Morgan fingerprint density at radius 3 is 2.21 bits per heavy atom. The van der Waals surface area contributed by atoms with Gasteiger partial charge in [-0.05, 0) is 62.7 Å². The van der Waals surface area contributed by atoms with Crippen molar-refractivity contribution in [3.05, 3.63) is 60.2 Å². The zero-order chi connectivity index (χ0) is 19.8. The lowest BCUT2D eigenvalue weighted by Gasteiger charge is -2.40. The number of benzene rings is 2. The van der Waals surface area contributed by atoms with Crippen LogP contribution in [0.5, 0.6) is 11.5 Å². The molecule has 0 amide bonds. The van der Waals surface area contributed by atoms with Crippen molar-refractivity contribution in [3.8, 4) is 11.5 Å². The molecule has 29 heavy (non-hydrogen) atoms. The lowest BCUT2D eigenvalue weighted by atomic mass is 9.72. The van der Waals surface area contributed by atoms with Crippen molar-refractivity contribution in [1.29, 1.82) is 0 Å². The van der Waals surface area contributed by atoms with Crippen molar-refractivity contribution in [3.63, 3.8) is 0 Å². The third kappa shape index (κ3) is 5.73. The quantitative estimate of drug-likeness (QED) is 0.547. The van der Waals surface area contributed by atoms with Crippen molar-refractivity contribution in [1.82, 2.24) is 4.90 Å². The smallest absolute Gasteiger partial charge is 0.316 e. The summed E-state index contributed by atoms with van der Waals surface area (Å²) in [6.45, 7) is 5.41. The van der Waals surface area contributed by atoms with Gasteiger partial charge in [-0.2, -0.15) is 0 Å². The number of hydrogen-bond acceptors (Lipinski definition) is 5. The van der Waals surface area contributed by atoms with Gasteiger partial charge in [0.2, 0.25) is 0 Å². The van der Waals surface area contributed by atoms with Gasteiger partial charge in [-0.3, -0.25) is 9.69 Å². The highest BCUT2D eigenvalue weighted by Crippen LogP contribution is 2.36. The van der Waals surface area contributed by atoms with Crippen molar-refractivity contribution >= 4 is 23.0 Å². The second kappa shape index (κ2) is 11.2. The predicted molar refractivity (Wildman–Crippen MR) is 119 cm³/mol. The summed E-state index contributed by atoms with van der Waals surface area (Å²) in [6.07, 6.45) is 1.52. The van der Waals surface area contributed by atoms with Gasteiger partial charge < -0.3 is 14.2 Å². The number of esters is 1. The first-order valence-electron chi connectivity index (χ1n) is 9.90. The van der Waals surface area contributed by atoms with E-state index in [1.807, 2.05) is 61.5 Å². The average Bonchev–Trinajstić information content (AvgIpc) is 2.75. The highest BCUT2D eigenvalue weighted by Gasteiger charge is 2.44. The van der Waals surface area contributed by atoms with E-state index in [0.717, 1.165) is 49.5 Å². The first kappa shape index (κ1) is 23.2. The molecule has 0 aliphatic carbocycles. The van der Waals surface area contributed by atoms with Crippen molar-refractivity contribution in [2.45, 2.75) is 25.2 Å². The maximum atomic E-state index is 12.8. The molecule has 2 aromatic carbocycles. The van der Waals surface area contributed by atoms with E-state index in [2.05, 4.69) is 4.90 Å². The van der Waals surface area contributed by atoms with E-state index in [1.165, 1.54) is 0 Å². The number of carbonyl (C=O) groups excluding carboxylic acids is 1. The molecule has 1 saturated heterocycles. The molecule has 0 bridgehead atoms. The summed E-state index contributed by atoms with van der Waals surface area (Å²) in [4.78, 5) is 15.2. The van der Waals surface area contributed by atoms with Gasteiger partial charge in [0, 0.05) is 6.54 Å². The first-order chi connectivity index (χ1) is 13.7. The van der Waals surface area contributed by atoms with Gasteiger partial charge in [0.1, 0.15) is 18.1 Å². The minimum absolute atomic E-state index is 0. The summed E-state index contributed by atoms with van der Waals surface area (Å²) in [6, 6.07) is 17.7. The number of halogens is 1. The van der Waals surface area contributed by atoms with Crippen LogP contribution < -0.4 is 9.47 Å². The van der Waals surface area contributed by atoms with Crippen molar-refractivity contribution in [2.75, 3.05) is 40.0 Å². The molecular weight excluding hydrogens is 434 g/mol. The second-order valence-electron chi connectivity index (χ2n) is 7.03. The Morgan fingerprint density at radius 2 is 1.62 bits per heavy atom. The molecule has 0 N–H and O–H groups in total. The SMILES string of the molecule is Br.CCOC(=O)C1(c2ccccc2)CCN(CCOc2ccc(OC)cc2)CC1. The summed E-state index contributed by atoms with van der Waals surface area (Å²) in [5.74, 6) is 1.55. The molecule has 0 spiro atoms. The Balaban J connectivity index is 0.00000300. The minimum atomic E-state index is -0.537. The van der Waals surface area contributed by atoms with Crippen LogP contribution in [0.4, 0.5) is 0 Å². The van der Waals surface area contributed by atoms with Crippen LogP contribution in [0.3, 0.4) is 0 Å². The molecular formula is C23H30BrNO4. The van der Waals surface area contributed by atoms with E-state index >= 15 is 0 Å². The van der Waals surface area contributed by atoms with Gasteiger partial charge in [-0.15, -0.1) is 17.0 Å². The fraction of sp³-hybridized carbons (Fsp3) is 0.435. The molecule has 0 radical (unpaired) electrons. The Bertz CT molecular complexity index is 743. The van der Waals surface area contributed by atoms with Crippen molar-refractivity contribution in [2.24, 2.45) is 0 Å². The van der Waals surface area contributed by atoms with Crippen LogP contribution in [0.1, 0.15) is 25.3 Å². The van der Waals surface area contributed by atoms with Gasteiger partial charge >= 0.3 is 5.97 Å². The van der Waals surface area contributed by atoms with E-state index in [9.17, 15) is 4.79 Å². The number of ether oxygens (including phenoxy) is 3.